The fourth-order valence-corrected chi connectivity index (χ4v) is 4.32. The molecule has 7 nitrogen and oxygen atoms in total. The minimum absolute atomic E-state index is 0.0150. The summed E-state index contributed by atoms with van der Waals surface area (Å²) in [6.45, 7) is 4.69. The SMILES string of the molecule is CC(C)[C@H](NCCc1nc(C(=O)O)cc2c3ccccc3n(Cc3ccccc3)c12)C(=O)O. The zero-order valence-electron chi connectivity index (χ0n) is 18.7. The number of carboxylic acid groups (broad SMARTS) is 2. The van der Waals surface area contributed by atoms with E-state index in [1.165, 1.54) is 0 Å². The molecule has 2 aromatic heterocycles. The lowest BCUT2D eigenvalue weighted by Crippen LogP contribution is -2.41. The second-order valence-corrected chi connectivity index (χ2v) is 8.51. The van der Waals surface area contributed by atoms with E-state index in [1.54, 1.807) is 6.07 Å². The molecule has 170 valence electrons. The maximum atomic E-state index is 11.8. The van der Waals surface area contributed by atoms with Crippen LogP contribution in [0.25, 0.3) is 21.8 Å². The lowest BCUT2D eigenvalue weighted by Gasteiger charge is -2.18. The van der Waals surface area contributed by atoms with E-state index in [4.69, 9.17) is 0 Å². The number of nitrogens with zero attached hydrogens (tertiary/aromatic N) is 2. The summed E-state index contributed by atoms with van der Waals surface area (Å²) >= 11 is 0. The predicted octanol–water partition coefficient (Wildman–Crippen LogP) is 4.18. The molecule has 0 aliphatic rings. The number of aliphatic carboxylic acids is 1. The quantitative estimate of drug-likeness (QED) is 0.357. The van der Waals surface area contributed by atoms with Gasteiger partial charge in [-0.15, -0.1) is 0 Å². The first-order valence-corrected chi connectivity index (χ1v) is 11.0. The third-order valence-electron chi connectivity index (χ3n) is 5.88. The second-order valence-electron chi connectivity index (χ2n) is 8.51. The first-order valence-electron chi connectivity index (χ1n) is 11.0. The lowest BCUT2D eigenvalue weighted by molar-refractivity contribution is -0.140. The summed E-state index contributed by atoms with van der Waals surface area (Å²) in [5.41, 5.74) is 3.62. The van der Waals surface area contributed by atoms with Gasteiger partial charge in [0.2, 0.25) is 0 Å². The number of aromatic carboxylic acids is 1. The Hall–Kier alpha value is -3.71. The molecule has 0 saturated carbocycles. The first-order chi connectivity index (χ1) is 15.9. The molecule has 0 aliphatic heterocycles. The highest BCUT2D eigenvalue weighted by atomic mass is 16.4. The molecule has 3 N–H and O–H groups in total. The van der Waals surface area contributed by atoms with E-state index in [-0.39, 0.29) is 11.6 Å². The van der Waals surface area contributed by atoms with E-state index < -0.39 is 18.0 Å². The fraction of sp³-hybridized carbons (Fsp3) is 0.269. The minimum atomic E-state index is -1.09. The molecule has 0 bridgehead atoms. The van der Waals surface area contributed by atoms with Crippen molar-refractivity contribution in [3.05, 3.63) is 77.6 Å². The highest BCUT2D eigenvalue weighted by molar-refractivity contribution is 6.10. The van der Waals surface area contributed by atoms with Gasteiger partial charge in [0.25, 0.3) is 0 Å². The third-order valence-corrected chi connectivity index (χ3v) is 5.88. The average molecular weight is 446 g/mol. The fourth-order valence-electron chi connectivity index (χ4n) is 4.32. The largest absolute Gasteiger partial charge is 0.480 e. The summed E-state index contributed by atoms with van der Waals surface area (Å²) in [6.07, 6.45) is 0.402. The Bertz CT molecular complexity index is 1310. The van der Waals surface area contributed by atoms with Crippen molar-refractivity contribution in [3.63, 3.8) is 0 Å². The summed E-state index contributed by atoms with van der Waals surface area (Å²) in [5.74, 6) is -2.07. The van der Waals surface area contributed by atoms with Crippen LogP contribution < -0.4 is 5.32 Å². The minimum Gasteiger partial charge on any atom is -0.480 e. The predicted molar refractivity (Wildman–Crippen MR) is 128 cm³/mol. The number of aromatic nitrogens is 2. The van der Waals surface area contributed by atoms with Crippen LogP contribution in [-0.2, 0) is 17.8 Å². The van der Waals surface area contributed by atoms with Crippen LogP contribution in [0.4, 0.5) is 0 Å². The van der Waals surface area contributed by atoms with Crippen LogP contribution in [0.15, 0.2) is 60.7 Å². The Balaban J connectivity index is 1.83. The molecule has 1 atom stereocenters. The van der Waals surface area contributed by atoms with Gasteiger partial charge in [-0.25, -0.2) is 9.78 Å². The van der Waals surface area contributed by atoms with Crippen molar-refractivity contribution in [3.8, 4) is 0 Å². The topological polar surface area (TPSA) is 104 Å². The first kappa shape index (κ1) is 22.5. The number of fused-ring (bicyclic) bond motifs is 3. The number of rotatable bonds is 9. The van der Waals surface area contributed by atoms with Crippen LogP contribution in [0.2, 0.25) is 0 Å². The average Bonchev–Trinajstić information content (AvgIpc) is 3.10. The molecule has 0 spiro atoms. The Morgan fingerprint density at radius 1 is 1.00 bits per heavy atom. The van der Waals surface area contributed by atoms with Gasteiger partial charge >= 0.3 is 11.9 Å². The summed E-state index contributed by atoms with van der Waals surface area (Å²) in [5, 5.41) is 24.0. The van der Waals surface area contributed by atoms with Gasteiger partial charge in [0, 0.05) is 35.8 Å². The molecule has 4 rings (SSSR count). The van der Waals surface area contributed by atoms with Gasteiger partial charge in [-0.05, 0) is 23.6 Å². The van der Waals surface area contributed by atoms with Crippen LogP contribution in [-0.4, -0.2) is 44.3 Å². The zero-order chi connectivity index (χ0) is 23.5. The molecular weight excluding hydrogens is 418 g/mol. The van der Waals surface area contributed by atoms with Gasteiger partial charge in [0.05, 0.1) is 11.2 Å². The molecule has 0 saturated heterocycles. The molecule has 4 aromatic rings. The number of hydrogen-bond acceptors (Lipinski definition) is 4. The van der Waals surface area contributed by atoms with E-state index in [9.17, 15) is 19.8 Å². The Kier molecular flexibility index (Phi) is 6.42. The van der Waals surface area contributed by atoms with E-state index in [0.717, 1.165) is 27.4 Å². The van der Waals surface area contributed by atoms with Crippen molar-refractivity contribution < 1.29 is 19.8 Å². The molecule has 0 amide bonds. The maximum absolute atomic E-state index is 11.8. The lowest BCUT2D eigenvalue weighted by atomic mass is 10.0. The van der Waals surface area contributed by atoms with Crippen LogP contribution >= 0.6 is 0 Å². The number of pyridine rings is 1. The van der Waals surface area contributed by atoms with Gasteiger partial charge in [0.15, 0.2) is 0 Å². The van der Waals surface area contributed by atoms with E-state index in [1.807, 2.05) is 56.3 Å². The summed E-state index contributed by atoms with van der Waals surface area (Å²) < 4.78 is 2.17. The van der Waals surface area contributed by atoms with Crippen molar-refractivity contribution in [2.75, 3.05) is 6.54 Å². The highest BCUT2D eigenvalue weighted by Crippen LogP contribution is 2.32. The van der Waals surface area contributed by atoms with Crippen LogP contribution in [0, 0.1) is 5.92 Å². The Labute approximate surface area is 191 Å². The van der Waals surface area contributed by atoms with Crippen LogP contribution in [0.3, 0.4) is 0 Å². The number of hydrogen-bond donors (Lipinski definition) is 3. The van der Waals surface area contributed by atoms with Crippen LogP contribution in [0.1, 0.15) is 35.6 Å². The van der Waals surface area contributed by atoms with Gasteiger partial charge in [-0.3, -0.25) is 4.79 Å². The molecule has 0 aliphatic carbocycles. The van der Waals surface area contributed by atoms with Crippen molar-refractivity contribution >= 4 is 33.7 Å². The van der Waals surface area contributed by atoms with Crippen molar-refractivity contribution in [2.45, 2.75) is 32.9 Å². The molecule has 0 unspecified atom stereocenters. The number of carbonyl (C=O) groups is 2. The van der Waals surface area contributed by atoms with Crippen molar-refractivity contribution in [2.24, 2.45) is 5.92 Å². The normalized spacial score (nSPS) is 12.5. The smallest absolute Gasteiger partial charge is 0.354 e. The molecular formula is C26H27N3O4. The van der Waals surface area contributed by atoms with Gasteiger partial charge in [0.1, 0.15) is 11.7 Å². The number of para-hydroxylation sites is 1. The molecule has 7 heteroatoms. The van der Waals surface area contributed by atoms with Gasteiger partial charge in [-0.2, -0.15) is 0 Å². The van der Waals surface area contributed by atoms with E-state index in [0.29, 0.717) is 25.2 Å². The Morgan fingerprint density at radius 3 is 2.36 bits per heavy atom. The van der Waals surface area contributed by atoms with Crippen molar-refractivity contribution in [1.82, 2.24) is 14.9 Å². The maximum Gasteiger partial charge on any atom is 0.354 e. The third kappa shape index (κ3) is 4.59. The number of benzene rings is 2. The second kappa shape index (κ2) is 9.42. The van der Waals surface area contributed by atoms with Crippen LogP contribution in [0.5, 0.6) is 0 Å². The molecule has 33 heavy (non-hydrogen) atoms. The highest BCUT2D eigenvalue weighted by Gasteiger charge is 2.22. The molecule has 0 fully saturated rings. The van der Waals surface area contributed by atoms with Crippen molar-refractivity contribution in [1.29, 1.82) is 0 Å². The molecule has 2 heterocycles. The summed E-state index contributed by atoms with van der Waals surface area (Å²) in [4.78, 5) is 27.9. The number of carboxylic acids is 2. The molecule has 2 aromatic carbocycles. The standard InChI is InChI=1S/C26H27N3O4/c1-16(2)23(26(32)33)27-13-12-20-24-19(14-21(28-20)25(30)31)18-10-6-7-11-22(18)29(24)15-17-8-4-3-5-9-17/h3-11,14,16,23,27H,12-13,15H2,1-2H3,(H,30,31)(H,32,33)/t23-/m0/s1. The zero-order valence-corrected chi connectivity index (χ0v) is 18.7. The van der Waals surface area contributed by atoms with E-state index in [2.05, 4.69) is 27.0 Å². The number of nitrogens with one attached hydrogen (secondary N) is 1. The Morgan fingerprint density at radius 2 is 1.70 bits per heavy atom. The monoisotopic (exact) mass is 445 g/mol. The van der Waals surface area contributed by atoms with Gasteiger partial charge < -0.3 is 20.1 Å². The van der Waals surface area contributed by atoms with Gasteiger partial charge in [-0.1, -0.05) is 62.4 Å². The summed E-state index contributed by atoms with van der Waals surface area (Å²) in [6, 6.07) is 19.0. The van der Waals surface area contributed by atoms with E-state index >= 15 is 0 Å². The summed E-state index contributed by atoms with van der Waals surface area (Å²) in [7, 11) is 0. The molecule has 0 radical (unpaired) electrons.